The zero-order valence-electron chi connectivity index (χ0n) is 12.4. The van der Waals surface area contributed by atoms with Crippen molar-refractivity contribution in [3.63, 3.8) is 0 Å². The van der Waals surface area contributed by atoms with E-state index in [1.54, 1.807) is 7.11 Å². The minimum atomic E-state index is 0.551. The molecule has 0 bridgehead atoms. The van der Waals surface area contributed by atoms with E-state index < -0.39 is 0 Å². The molecule has 0 amide bonds. The summed E-state index contributed by atoms with van der Waals surface area (Å²) >= 11 is 5.42. The van der Waals surface area contributed by atoms with Gasteiger partial charge in [-0.05, 0) is 42.5 Å². The molecule has 0 unspecified atom stereocenters. The van der Waals surface area contributed by atoms with E-state index in [0.29, 0.717) is 4.77 Å². The van der Waals surface area contributed by atoms with Gasteiger partial charge in [0.05, 0.1) is 12.8 Å². The highest BCUT2D eigenvalue weighted by atomic mass is 32.1. The number of fused-ring (bicyclic) bond motifs is 1. The van der Waals surface area contributed by atoms with Gasteiger partial charge in [-0.1, -0.05) is 18.2 Å². The molecule has 2 aromatic heterocycles. The number of nitrogens with zero attached hydrogens (tertiary/aromatic N) is 2. The molecule has 0 fully saturated rings. The van der Waals surface area contributed by atoms with Gasteiger partial charge in [-0.25, -0.2) is 0 Å². The van der Waals surface area contributed by atoms with Crippen LogP contribution in [0.2, 0.25) is 0 Å². The molecule has 6 heteroatoms. The third-order valence-corrected chi connectivity index (χ3v) is 4.11. The number of H-pyrrole nitrogens is 2. The van der Waals surface area contributed by atoms with E-state index in [0.717, 1.165) is 33.7 Å². The van der Waals surface area contributed by atoms with Crippen LogP contribution in [0.5, 0.6) is 5.75 Å². The molecule has 0 aliphatic carbocycles. The molecular formula is C17H14N4OS. The van der Waals surface area contributed by atoms with E-state index in [1.807, 2.05) is 53.2 Å². The van der Waals surface area contributed by atoms with Crippen molar-refractivity contribution in [1.82, 2.24) is 19.7 Å². The van der Waals surface area contributed by atoms with Gasteiger partial charge in [0.1, 0.15) is 5.75 Å². The van der Waals surface area contributed by atoms with Crippen molar-refractivity contribution >= 4 is 23.1 Å². The molecule has 2 aromatic carbocycles. The number of benzene rings is 2. The number of nitrogens with one attached hydrogen (secondary N) is 2. The van der Waals surface area contributed by atoms with Gasteiger partial charge in [0.25, 0.3) is 0 Å². The van der Waals surface area contributed by atoms with Crippen LogP contribution in [0, 0.1) is 4.77 Å². The minimum absolute atomic E-state index is 0.551. The summed E-state index contributed by atoms with van der Waals surface area (Å²) in [5.41, 5.74) is 3.01. The first-order chi connectivity index (χ1) is 11.3. The summed E-state index contributed by atoms with van der Waals surface area (Å²) in [6, 6.07) is 15.9. The van der Waals surface area contributed by atoms with Crippen molar-refractivity contribution in [3.8, 4) is 22.8 Å². The number of ether oxygens (including phenoxy) is 1. The van der Waals surface area contributed by atoms with Gasteiger partial charge in [-0.15, -0.1) is 0 Å². The van der Waals surface area contributed by atoms with Crippen molar-refractivity contribution < 1.29 is 4.74 Å². The van der Waals surface area contributed by atoms with Gasteiger partial charge in [0.15, 0.2) is 10.6 Å². The van der Waals surface area contributed by atoms with E-state index >= 15 is 0 Å². The normalized spacial score (nSPS) is 11.0. The fourth-order valence-electron chi connectivity index (χ4n) is 2.70. The Hall–Kier alpha value is -2.86. The maximum absolute atomic E-state index is 5.42. The van der Waals surface area contributed by atoms with E-state index in [9.17, 15) is 0 Å². The lowest BCUT2D eigenvalue weighted by Gasteiger charge is -2.07. The van der Waals surface area contributed by atoms with E-state index in [-0.39, 0.29) is 0 Å². The smallest absolute Gasteiger partial charge is 0.200 e. The number of methoxy groups -OCH3 is 1. The fourth-order valence-corrected chi connectivity index (χ4v) is 2.94. The lowest BCUT2D eigenvalue weighted by Crippen LogP contribution is -1.97. The first-order valence-electron chi connectivity index (χ1n) is 7.16. The van der Waals surface area contributed by atoms with Gasteiger partial charge >= 0.3 is 0 Å². The zero-order chi connectivity index (χ0) is 15.8. The summed E-state index contributed by atoms with van der Waals surface area (Å²) in [5.74, 6) is 1.58. The Morgan fingerprint density at radius 3 is 2.65 bits per heavy atom. The first-order valence-corrected chi connectivity index (χ1v) is 7.57. The molecule has 0 aliphatic heterocycles. The highest BCUT2D eigenvalue weighted by Gasteiger charge is 2.14. The zero-order valence-corrected chi connectivity index (χ0v) is 13.2. The summed E-state index contributed by atoms with van der Waals surface area (Å²) in [6.45, 7) is 0. The van der Waals surface area contributed by atoms with Crippen LogP contribution >= 0.6 is 12.2 Å². The van der Waals surface area contributed by atoms with Crippen molar-refractivity contribution in [1.29, 1.82) is 0 Å². The Kier molecular flexibility index (Phi) is 3.24. The minimum Gasteiger partial charge on any atom is -0.497 e. The highest BCUT2D eigenvalue weighted by molar-refractivity contribution is 7.71. The van der Waals surface area contributed by atoms with Crippen LogP contribution in [0.3, 0.4) is 0 Å². The standard InChI is InChI=1S/C17H14N4OS/c1-22-12-8-6-11(7-9-12)21-16(19-20-17(21)23)14-10-18-15-5-3-2-4-13(14)15/h2-10,18H,1H3,(H,20,23). The molecule has 0 spiro atoms. The third-order valence-electron chi connectivity index (χ3n) is 3.83. The lowest BCUT2D eigenvalue weighted by molar-refractivity contribution is 0.414. The summed E-state index contributed by atoms with van der Waals surface area (Å²) < 4.78 is 7.69. The van der Waals surface area contributed by atoms with E-state index in [1.165, 1.54) is 0 Å². The fraction of sp³-hybridized carbons (Fsp3) is 0.0588. The SMILES string of the molecule is COc1ccc(-n2c(-c3c[nH]c4ccccc34)n[nH]c2=S)cc1. The van der Waals surface area contributed by atoms with Crippen molar-refractivity contribution in [3.05, 3.63) is 59.5 Å². The second-order valence-corrected chi connectivity index (χ2v) is 5.52. The molecule has 0 aliphatic rings. The van der Waals surface area contributed by atoms with E-state index in [4.69, 9.17) is 17.0 Å². The second kappa shape index (κ2) is 5.40. The number of aromatic nitrogens is 4. The molecule has 4 rings (SSSR count). The Morgan fingerprint density at radius 1 is 1.09 bits per heavy atom. The molecular weight excluding hydrogens is 308 g/mol. The maximum Gasteiger partial charge on any atom is 0.200 e. The molecule has 4 aromatic rings. The summed E-state index contributed by atoms with van der Waals surface area (Å²) in [6.07, 6.45) is 1.95. The van der Waals surface area contributed by atoms with Gasteiger partial charge in [0.2, 0.25) is 0 Å². The molecule has 2 N–H and O–H groups in total. The molecule has 0 saturated carbocycles. The molecule has 2 heterocycles. The summed E-state index contributed by atoms with van der Waals surface area (Å²) in [7, 11) is 1.65. The van der Waals surface area contributed by atoms with Crippen LogP contribution in [0.15, 0.2) is 54.7 Å². The number of hydrogen-bond donors (Lipinski definition) is 2. The monoisotopic (exact) mass is 322 g/mol. The molecule has 5 nitrogen and oxygen atoms in total. The lowest BCUT2D eigenvalue weighted by atomic mass is 10.1. The number of rotatable bonds is 3. The van der Waals surface area contributed by atoms with Crippen LogP contribution < -0.4 is 4.74 Å². The summed E-state index contributed by atoms with van der Waals surface area (Å²) in [4.78, 5) is 3.27. The van der Waals surface area contributed by atoms with Crippen LogP contribution in [-0.2, 0) is 0 Å². The largest absolute Gasteiger partial charge is 0.497 e. The topological polar surface area (TPSA) is 58.6 Å². The van der Waals surface area contributed by atoms with Crippen molar-refractivity contribution in [2.45, 2.75) is 0 Å². The Bertz CT molecular complexity index is 1030. The average molecular weight is 322 g/mol. The van der Waals surface area contributed by atoms with Crippen LogP contribution in [0.4, 0.5) is 0 Å². The number of aromatic amines is 2. The quantitative estimate of drug-likeness (QED) is 0.559. The Balaban J connectivity index is 1.92. The number of hydrogen-bond acceptors (Lipinski definition) is 3. The van der Waals surface area contributed by atoms with Crippen LogP contribution in [-0.4, -0.2) is 26.9 Å². The predicted octanol–water partition coefficient (Wildman–Crippen LogP) is 4.09. The number of para-hydroxylation sites is 1. The molecule has 0 atom stereocenters. The van der Waals surface area contributed by atoms with Crippen LogP contribution in [0.1, 0.15) is 0 Å². The van der Waals surface area contributed by atoms with Crippen molar-refractivity contribution in [2.75, 3.05) is 7.11 Å². The second-order valence-electron chi connectivity index (χ2n) is 5.13. The molecule has 23 heavy (non-hydrogen) atoms. The van der Waals surface area contributed by atoms with Gasteiger partial charge < -0.3 is 9.72 Å². The average Bonchev–Trinajstić information content (AvgIpc) is 3.18. The van der Waals surface area contributed by atoms with Gasteiger partial charge in [-0.3, -0.25) is 9.67 Å². The maximum atomic E-state index is 5.42. The molecule has 0 radical (unpaired) electrons. The first kappa shape index (κ1) is 13.8. The predicted molar refractivity (Wildman–Crippen MR) is 92.6 cm³/mol. The third kappa shape index (κ3) is 2.24. The highest BCUT2D eigenvalue weighted by Crippen LogP contribution is 2.29. The van der Waals surface area contributed by atoms with Gasteiger partial charge in [0, 0.05) is 22.7 Å². The van der Waals surface area contributed by atoms with Crippen LogP contribution in [0.25, 0.3) is 28.0 Å². The summed E-state index contributed by atoms with van der Waals surface area (Å²) in [5, 5.41) is 8.42. The van der Waals surface area contributed by atoms with E-state index in [2.05, 4.69) is 21.2 Å². The molecule has 0 saturated heterocycles. The van der Waals surface area contributed by atoms with Gasteiger partial charge in [-0.2, -0.15) is 5.10 Å². The Morgan fingerprint density at radius 2 is 1.87 bits per heavy atom. The molecule has 114 valence electrons. The Labute approximate surface area is 137 Å². The van der Waals surface area contributed by atoms with Crippen molar-refractivity contribution in [2.24, 2.45) is 0 Å².